The number of fused-ring (bicyclic) bond motifs is 1. The lowest BCUT2D eigenvalue weighted by atomic mass is 10.1. The highest BCUT2D eigenvalue weighted by Crippen LogP contribution is 2.39. The number of nitrogens with one attached hydrogen (secondary N) is 2. The van der Waals surface area contributed by atoms with Crippen LogP contribution in [0.25, 0.3) is 0 Å². The minimum atomic E-state index is -0.492. The first kappa shape index (κ1) is 27.3. The highest BCUT2D eigenvalue weighted by Gasteiger charge is 2.28. The average Bonchev–Trinajstić information content (AvgIpc) is 3.36. The number of thiophene rings is 1. The normalized spacial score (nSPS) is 13.8. The van der Waals surface area contributed by atoms with E-state index < -0.39 is 5.25 Å². The Bertz CT molecular complexity index is 1320. The van der Waals surface area contributed by atoms with E-state index in [2.05, 4.69) is 20.8 Å². The minimum Gasteiger partial charge on any atom is -0.462 e. The molecule has 1 aliphatic carbocycles. The summed E-state index contributed by atoms with van der Waals surface area (Å²) < 4.78 is 5.87. The van der Waals surface area contributed by atoms with Gasteiger partial charge in [-0.3, -0.25) is 14.9 Å². The van der Waals surface area contributed by atoms with Crippen molar-refractivity contribution in [1.82, 2.24) is 10.2 Å². The fourth-order valence-electron chi connectivity index (χ4n) is 4.03. The van der Waals surface area contributed by atoms with Crippen molar-refractivity contribution >= 4 is 62.4 Å². The number of aryl methyl sites for hydroxylation is 3. The van der Waals surface area contributed by atoms with Crippen LogP contribution in [0.1, 0.15) is 75.4 Å². The number of carbonyl (C=O) groups excluding carboxylic acids is 3. The van der Waals surface area contributed by atoms with Crippen molar-refractivity contribution in [3.8, 4) is 0 Å². The van der Waals surface area contributed by atoms with E-state index in [0.717, 1.165) is 53.7 Å². The van der Waals surface area contributed by atoms with Gasteiger partial charge < -0.3 is 10.1 Å². The highest BCUT2D eigenvalue weighted by atomic mass is 32.2. The molecule has 37 heavy (non-hydrogen) atoms. The Hall–Kier alpha value is -2.76. The molecule has 2 N–H and O–H groups in total. The monoisotopic (exact) mass is 558 g/mol. The van der Waals surface area contributed by atoms with Crippen LogP contribution in [0, 0.1) is 13.8 Å². The molecule has 2 heterocycles. The van der Waals surface area contributed by atoms with Crippen LogP contribution in [0.3, 0.4) is 0 Å². The number of esters is 1. The zero-order valence-corrected chi connectivity index (χ0v) is 23.8. The van der Waals surface area contributed by atoms with Crippen LogP contribution >= 0.6 is 34.4 Å². The smallest absolute Gasteiger partial charge is 0.341 e. The zero-order valence-electron chi connectivity index (χ0n) is 21.3. The third kappa shape index (κ3) is 6.58. The van der Waals surface area contributed by atoms with Gasteiger partial charge in [0.25, 0.3) is 5.91 Å². The van der Waals surface area contributed by atoms with Crippen molar-refractivity contribution in [2.75, 3.05) is 17.2 Å². The fourth-order valence-corrected chi connectivity index (χ4v) is 7.20. The first-order valence-corrected chi connectivity index (χ1v) is 14.8. The first-order chi connectivity index (χ1) is 17.8. The molecule has 3 aromatic rings. The van der Waals surface area contributed by atoms with E-state index in [1.807, 2.05) is 26.0 Å². The summed E-state index contributed by atoms with van der Waals surface area (Å²) in [6.07, 6.45) is 4.97. The maximum Gasteiger partial charge on any atom is 0.341 e. The van der Waals surface area contributed by atoms with E-state index in [1.165, 1.54) is 34.4 Å². The van der Waals surface area contributed by atoms with Crippen molar-refractivity contribution in [1.29, 1.82) is 0 Å². The summed E-state index contributed by atoms with van der Waals surface area (Å²) in [5.74, 6) is -0.876. The third-order valence-corrected chi connectivity index (χ3v) is 9.41. The Morgan fingerprint density at radius 3 is 2.59 bits per heavy atom. The van der Waals surface area contributed by atoms with Gasteiger partial charge in [0, 0.05) is 10.4 Å². The molecule has 0 aliphatic heterocycles. The molecule has 8 nitrogen and oxygen atoms in total. The number of aromatic nitrogens is 2. The average molecular weight is 559 g/mol. The standard InChI is InChI=1S/C26H30N4O4S3/c1-5-34-24(33)20-18-9-7-6-8-10-19(18)36-23(20)27-21(31)16(4)35-26-30-29-25(37-26)28-22(32)17-12-11-14(2)15(3)13-17/h11-13,16H,5-10H2,1-4H3,(H,27,31)(H,28,29,32). The molecule has 0 saturated carbocycles. The van der Waals surface area contributed by atoms with E-state index in [4.69, 9.17) is 4.74 Å². The number of ether oxygens (including phenoxy) is 1. The second kappa shape index (κ2) is 12.2. The van der Waals surface area contributed by atoms with Gasteiger partial charge in [-0.2, -0.15) is 0 Å². The molecule has 0 spiro atoms. The number of anilines is 2. The summed E-state index contributed by atoms with van der Waals surface area (Å²) in [4.78, 5) is 39.6. The van der Waals surface area contributed by atoms with E-state index in [0.29, 0.717) is 25.6 Å². The van der Waals surface area contributed by atoms with Crippen molar-refractivity contribution in [3.63, 3.8) is 0 Å². The van der Waals surface area contributed by atoms with Gasteiger partial charge in [0.05, 0.1) is 17.4 Å². The van der Waals surface area contributed by atoms with Gasteiger partial charge in [-0.1, -0.05) is 35.6 Å². The van der Waals surface area contributed by atoms with E-state index in [9.17, 15) is 14.4 Å². The molecule has 1 aromatic carbocycles. The molecular weight excluding hydrogens is 529 g/mol. The number of thioether (sulfide) groups is 1. The molecule has 1 atom stereocenters. The summed E-state index contributed by atoms with van der Waals surface area (Å²) in [5, 5.41) is 14.3. The number of hydrogen-bond donors (Lipinski definition) is 2. The van der Waals surface area contributed by atoms with Gasteiger partial charge in [-0.05, 0) is 82.2 Å². The summed E-state index contributed by atoms with van der Waals surface area (Å²) >= 11 is 3.94. The topological polar surface area (TPSA) is 110 Å². The molecule has 2 amide bonds. The fraction of sp³-hybridized carbons (Fsp3) is 0.423. The maximum atomic E-state index is 13.1. The summed E-state index contributed by atoms with van der Waals surface area (Å²) in [6, 6.07) is 5.52. The predicted molar refractivity (Wildman–Crippen MR) is 149 cm³/mol. The Labute approximate surface area is 228 Å². The number of benzene rings is 1. The van der Waals surface area contributed by atoms with Gasteiger partial charge in [-0.15, -0.1) is 21.5 Å². The van der Waals surface area contributed by atoms with Crippen LogP contribution < -0.4 is 10.6 Å². The van der Waals surface area contributed by atoms with Crippen LogP contribution in [0.5, 0.6) is 0 Å². The molecule has 11 heteroatoms. The largest absolute Gasteiger partial charge is 0.462 e. The summed E-state index contributed by atoms with van der Waals surface area (Å²) in [6.45, 7) is 7.79. The Morgan fingerprint density at radius 1 is 1.05 bits per heavy atom. The van der Waals surface area contributed by atoms with E-state index in [1.54, 1.807) is 19.9 Å². The number of carbonyl (C=O) groups is 3. The molecule has 1 aliphatic rings. The van der Waals surface area contributed by atoms with Crippen molar-refractivity contribution in [3.05, 3.63) is 50.9 Å². The maximum absolute atomic E-state index is 13.1. The first-order valence-electron chi connectivity index (χ1n) is 12.3. The molecule has 196 valence electrons. The Balaban J connectivity index is 1.41. The number of nitrogens with zero attached hydrogens (tertiary/aromatic N) is 2. The van der Waals surface area contributed by atoms with Crippen molar-refractivity contribution in [2.24, 2.45) is 0 Å². The van der Waals surface area contributed by atoms with Crippen molar-refractivity contribution in [2.45, 2.75) is 69.4 Å². The van der Waals surface area contributed by atoms with Gasteiger partial charge in [0.2, 0.25) is 11.0 Å². The Kier molecular flexibility index (Phi) is 8.99. The second-order valence-corrected chi connectivity index (χ2v) is 12.5. The molecule has 2 aromatic heterocycles. The van der Waals surface area contributed by atoms with Crippen LogP contribution in [-0.4, -0.2) is 39.8 Å². The second-order valence-electron chi connectivity index (χ2n) is 8.86. The lowest BCUT2D eigenvalue weighted by Crippen LogP contribution is -2.23. The van der Waals surface area contributed by atoms with Gasteiger partial charge in [0.1, 0.15) is 5.00 Å². The van der Waals surface area contributed by atoms with Crippen LogP contribution in [0.4, 0.5) is 10.1 Å². The lowest BCUT2D eigenvalue weighted by Gasteiger charge is -2.11. The van der Waals surface area contributed by atoms with Gasteiger partial charge >= 0.3 is 5.97 Å². The number of rotatable bonds is 8. The SMILES string of the molecule is CCOC(=O)c1c(NC(=O)C(C)Sc2nnc(NC(=O)c3ccc(C)c(C)c3)s2)sc2c1CCCCC2. The molecule has 4 rings (SSSR count). The lowest BCUT2D eigenvalue weighted by molar-refractivity contribution is -0.115. The van der Waals surface area contributed by atoms with E-state index >= 15 is 0 Å². The zero-order chi connectivity index (χ0) is 26.5. The summed E-state index contributed by atoms with van der Waals surface area (Å²) in [7, 11) is 0. The third-order valence-electron chi connectivity index (χ3n) is 6.18. The van der Waals surface area contributed by atoms with Crippen LogP contribution in [0.2, 0.25) is 0 Å². The molecule has 0 radical (unpaired) electrons. The highest BCUT2D eigenvalue weighted by molar-refractivity contribution is 8.02. The Morgan fingerprint density at radius 2 is 1.84 bits per heavy atom. The van der Waals surface area contributed by atoms with Crippen molar-refractivity contribution < 1.29 is 19.1 Å². The van der Waals surface area contributed by atoms with Crippen LogP contribution in [-0.2, 0) is 22.4 Å². The van der Waals surface area contributed by atoms with Gasteiger partial charge in [0.15, 0.2) is 4.34 Å². The molecule has 1 unspecified atom stereocenters. The van der Waals surface area contributed by atoms with Gasteiger partial charge in [-0.25, -0.2) is 4.79 Å². The minimum absolute atomic E-state index is 0.233. The van der Waals surface area contributed by atoms with E-state index in [-0.39, 0.29) is 24.4 Å². The number of hydrogen-bond acceptors (Lipinski definition) is 9. The molecule has 0 saturated heterocycles. The number of amides is 2. The molecular formula is C26H30N4O4S3. The molecule has 0 bridgehead atoms. The molecule has 0 fully saturated rings. The quantitative estimate of drug-likeness (QED) is 0.150. The summed E-state index contributed by atoms with van der Waals surface area (Å²) in [5.41, 5.74) is 4.22. The predicted octanol–water partition coefficient (Wildman–Crippen LogP) is 6.03. The van der Waals surface area contributed by atoms with Crippen LogP contribution in [0.15, 0.2) is 22.5 Å².